The molecular formula is C9H7N3O4. The maximum Gasteiger partial charge on any atom is 0.439 e. The number of nitrogens with one attached hydrogen (secondary N) is 1. The third-order valence-corrected chi connectivity index (χ3v) is 2.04. The maximum atomic E-state index is 10.8. The molecule has 7 heteroatoms. The van der Waals surface area contributed by atoms with Crippen LogP contribution in [0.2, 0.25) is 0 Å². The van der Waals surface area contributed by atoms with E-state index in [2.05, 4.69) is 14.7 Å². The highest BCUT2D eigenvalue weighted by atomic mass is 16.6. The fraction of sp³-hybridized carbons (Fsp3) is 0.111. The van der Waals surface area contributed by atoms with Gasteiger partial charge in [0.05, 0.1) is 10.5 Å². The summed E-state index contributed by atoms with van der Waals surface area (Å²) in [5, 5.41) is 14.2. The minimum Gasteiger partial charge on any atom is -0.296 e. The Morgan fingerprint density at radius 1 is 1.50 bits per heavy atom. The number of hydrogen-bond donors (Lipinski definition) is 1. The van der Waals surface area contributed by atoms with Gasteiger partial charge in [-0.05, 0) is 18.6 Å². The van der Waals surface area contributed by atoms with Gasteiger partial charge in [0.2, 0.25) is 0 Å². The summed E-state index contributed by atoms with van der Waals surface area (Å²) in [5.74, 6) is -0.689. The minimum atomic E-state index is -0.745. The fourth-order valence-corrected chi connectivity index (χ4v) is 1.34. The van der Waals surface area contributed by atoms with Crippen LogP contribution in [0.1, 0.15) is 5.56 Å². The molecule has 0 unspecified atom stereocenters. The topological polar surface area (TPSA) is 102 Å². The second-order valence-electron chi connectivity index (χ2n) is 3.22. The Labute approximate surface area is 88.9 Å². The molecule has 1 aromatic carbocycles. The van der Waals surface area contributed by atoms with Crippen molar-refractivity contribution in [1.29, 1.82) is 0 Å². The lowest BCUT2D eigenvalue weighted by Gasteiger charge is -1.99. The molecule has 0 amide bonds. The van der Waals surface area contributed by atoms with Crippen molar-refractivity contribution in [2.75, 3.05) is 0 Å². The Kier molecular flexibility index (Phi) is 2.28. The van der Waals surface area contributed by atoms with Gasteiger partial charge in [-0.3, -0.25) is 19.6 Å². The maximum absolute atomic E-state index is 10.8. The normalized spacial score (nSPS) is 10.3. The summed E-state index contributed by atoms with van der Waals surface area (Å²) in [6.45, 7) is 1.78. The van der Waals surface area contributed by atoms with E-state index in [0.29, 0.717) is 0 Å². The van der Waals surface area contributed by atoms with Gasteiger partial charge in [0.15, 0.2) is 5.82 Å². The molecule has 0 spiro atoms. The van der Waals surface area contributed by atoms with E-state index in [-0.39, 0.29) is 17.1 Å². The lowest BCUT2D eigenvalue weighted by molar-refractivity contribution is -0.384. The molecule has 0 bridgehead atoms. The van der Waals surface area contributed by atoms with Gasteiger partial charge in [-0.15, -0.1) is 0 Å². The second-order valence-corrected chi connectivity index (χ2v) is 3.22. The molecule has 0 atom stereocenters. The molecule has 1 N–H and O–H groups in total. The number of benzene rings is 1. The SMILES string of the molecule is Cc1ccc([N+](=O)[O-])c(-c2noc(=O)[nH]2)c1. The van der Waals surface area contributed by atoms with Crippen LogP contribution in [-0.4, -0.2) is 15.1 Å². The van der Waals surface area contributed by atoms with Crippen LogP contribution >= 0.6 is 0 Å². The Hall–Kier alpha value is -2.44. The Morgan fingerprint density at radius 3 is 2.81 bits per heavy atom. The summed E-state index contributed by atoms with van der Waals surface area (Å²) >= 11 is 0. The molecule has 0 aliphatic carbocycles. The zero-order chi connectivity index (χ0) is 11.7. The third-order valence-electron chi connectivity index (χ3n) is 2.04. The van der Waals surface area contributed by atoms with Gasteiger partial charge >= 0.3 is 5.76 Å². The van der Waals surface area contributed by atoms with Crippen LogP contribution in [0.4, 0.5) is 5.69 Å². The first-order chi connectivity index (χ1) is 7.58. The molecule has 0 saturated heterocycles. The summed E-state index contributed by atoms with van der Waals surface area (Å²) < 4.78 is 4.31. The summed E-state index contributed by atoms with van der Waals surface area (Å²) in [6, 6.07) is 4.53. The molecule has 16 heavy (non-hydrogen) atoms. The average molecular weight is 221 g/mol. The number of aromatic amines is 1. The fourth-order valence-electron chi connectivity index (χ4n) is 1.34. The van der Waals surface area contributed by atoms with Crippen LogP contribution in [0, 0.1) is 17.0 Å². The number of nitro benzene ring substituents is 1. The first-order valence-electron chi connectivity index (χ1n) is 4.39. The van der Waals surface area contributed by atoms with Crippen molar-refractivity contribution in [2.45, 2.75) is 6.92 Å². The van der Waals surface area contributed by atoms with Crippen LogP contribution < -0.4 is 5.76 Å². The molecule has 0 aliphatic heterocycles. The average Bonchev–Trinajstić information content (AvgIpc) is 2.64. The third kappa shape index (κ3) is 1.70. The number of H-pyrrole nitrogens is 1. The standard InChI is InChI=1S/C9H7N3O4/c1-5-2-3-7(12(14)15)6(4-5)8-10-9(13)16-11-8/h2-4H,1H3,(H,10,11,13). The molecule has 7 nitrogen and oxygen atoms in total. The summed E-state index contributed by atoms with van der Waals surface area (Å²) in [4.78, 5) is 23.3. The van der Waals surface area contributed by atoms with Crippen molar-refractivity contribution in [3.05, 3.63) is 44.4 Å². The summed E-state index contributed by atoms with van der Waals surface area (Å²) in [5.41, 5.74) is 0.926. The first kappa shape index (κ1) is 10.1. The van der Waals surface area contributed by atoms with Gasteiger partial charge in [0, 0.05) is 6.07 Å². The van der Waals surface area contributed by atoms with Gasteiger partial charge in [-0.25, -0.2) is 4.79 Å². The van der Waals surface area contributed by atoms with E-state index < -0.39 is 10.7 Å². The van der Waals surface area contributed by atoms with Gasteiger partial charge < -0.3 is 0 Å². The summed E-state index contributed by atoms with van der Waals surface area (Å²) in [7, 11) is 0. The van der Waals surface area contributed by atoms with Crippen molar-refractivity contribution < 1.29 is 9.45 Å². The number of hydrogen-bond acceptors (Lipinski definition) is 5. The molecule has 0 radical (unpaired) electrons. The van der Waals surface area contributed by atoms with E-state index in [9.17, 15) is 14.9 Å². The van der Waals surface area contributed by atoms with E-state index in [4.69, 9.17) is 0 Å². The van der Waals surface area contributed by atoms with E-state index in [1.807, 2.05) is 0 Å². The number of aryl methyl sites for hydroxylation is 1. The van der Waals surface area contributed by atoms with E-state index in [1.165, 1.54) is 6.07 Å². The Bertz CT molecular complexity index is 599. The first-order valence-corrected chi connectivity index (χ1v) is 4.39. The molecule has 2 aromatic rings. The van der Waals surface area contributed by atoms with Gasteiger partial charge in [0.25, 0.3) is 5.69 Å². The van der Waals surface area contributed by atoms with E-state index in [1.54, 1.807) is 19.1 Å². The monoisotopic (exact) mass is 221 g/mol. The Morgan fingerprint density at radius 2 is 2.25 bits per heavy atom. The van der Waals surface area contributed by atoms with Crippen molar-refractivity contribution in [2.24, 2.45) is 0 Å². The molecule has 0 fully saturated rings. The van der Waals surface area contributed by atoms with E-state index in [0.717, 1.165) is 5.56 Å². The smallest absolute Gasteiger partial charge is 0.296 e. The molecular weight excluding hydrogens is 214 g/mol. The van der Waals surface area contributed by atoms with Crippen LogP contribution in [0.3, 0.4) is 0 Å². The van der Waals surface area contributed by atoms with Crippen LogP contribution in [-0.2, 0) is 0 Å². The second kappa shape index (κ2) is 3.61. The minimum absolute atomic E-state index is 0.0559. The predicted molar refractivity (Wildman–Crippen MR) is 54.0 cm³/mol. The number of rotatable bonds is 2. The summed E-state index contributed by atoms with van der Waals surface area (Å²) in [6.07, 6.45) is 0. The Balaban J connectivity index is 2.66. The molecule has 0 saturated carbocycles. The largest absolute Gasteiger partial charge is 0.439 e. The number of aromatic nitrogens is 2. The lowest BCUT2D eigenvalue weighted by atomic mass is 10.1. The highest BCUT2D eigenvalue weighted by Crippen LogP contribution is 2.27. The van der Waals surface area contributed by atoms with Crippen LogP contribution in [0.5, 0.6) is 0 Å². The zero-order valence-corrected chi connectivity index (χ0v) is 8.26. The van der Waals surface area contributed by atoms with Crippen molar-refractivity contribution in [3.63, 3.8) is 0 Å². The van der Waals surface area contributed by atoms with Crippen molar-refractivity contribution >= 4 is 5.69 Å². The number of nitro groups is 1. The highest BCUT2D eigenvalue weighted by Gasteiger charge is 2.18. The molecule has 2 rings (SSSR count). The lowest BCUT2D eigenvalue weighted by Crippen LogP contribution is -1.97. The van der Waals surface area contributed by atoms with Crippen LogP contribution in [0.15, 0.2) is 27.5 Å². The van der Waals surface area contributed by atoms with Crippen molar-refractivity contribution in [1.82, 2.24) is 10.1 Å². The van der Waals surface area contributed by atoms with Gasteiger partial charge in [-0.2, -0.15) is 0 Å². The zero-order valence-electron chi connectivity index (χ0n) is 8.26. The van der Waals surface area contributed by atoms with Crippen molar-refractivity contribution in [3.8, 4) is 11.4 Å². The molecule has 0 aliphatic rings. The predicted octanol–water partition coefficient (Wildman–Crippen LogP) is 1.25. The van der Waals surface area contributed by atoms with E-state index >= 15 is 0 Å². The van der Waals surface area contributed by atoms with Crippen LogP contribution in [0.25, 0.3) is 11.4 Å². The molecule has 1 aromatic heterocycles. The quantitative estimate of drug-likeness (QED) is 0.607. The number of nitrogens with zero attached hydrogens (tertiary/aromatic N) is 2. The highest BCUT2D eigenvalue weighted by molar-refractivity contribution is 5.68. The van der Waals surface area contributed by atoms with Gasteiger partial charge in [-0.1, -0.05) is 11.2 Å². The molecule has 82 valence electrons. The molecule has 1 heterocycles. The van der Waals surface area contributed by atoms with Gasteiger partial charge in [0.1, 0.15) is 0 Å².